The van der Waals surface area contributed by atoms with Crippen LogP contribution in [0.25, 0.3) is 10.9 Å². The Balaban J connectivity index is 1.60. The van der Waals surface area contributed by atoms with Crippen molar-refractivity contribution in [3.8, 4) is 0 Å². The Morgan fingerprint density at radius 3 is 2.72 bits per heavy atom. The Labute approximate surface area is 144 Å². The number of fused-ring (bicyclic) bond motifs is 1. The van der Waals surface area contributed by atoms with E-state index in [1.165, 1.54) is 0 Å². The predicted molar refractivity (Wildman–Crippen MR) is 90.6 cm³/mol. The quantitative estimate of drug-likeness (QED) is 0.791. The van der Waals surface area contributed by atoms with E-state index < -0.39 is 23.1 Å². The Morgan fingerprint density at radius 1 is 1.36 bits per heavy atom. The van der Waals surface area contributed by atoms with Crippen molar-refractivity contribution in [2.75, 3.05) is 11.9 Å². The first-order chi connectivity index (χ1) is 11.7. The van der Waals surface area contributed by atoms with E-state index in [1.807, 2.05) is 0 Å². The third-order valence-corrected chi connectivity index (χ3v) is 4.07. The highest BCUT2D eigenvalue weighted by atomic mass is 19.1. The maximum Gasteiger partial charge on any atom is 0.407 e. The van der Waals surface area contributed by atoms with Crippen LogP contribution in [-0.2, 0) is 9.53 Å². The summed E-state index contributed by atoms with van der Waals surface area (Å²) in [5.41, 5.74) is -0.237. The number of carbonyl (C=O) groups is 2. The average molecular weight is 348 g/mol. The summed E-state index contributed by atoms with van der Waals surface area (Å²) in [5.74, 6) is -0.688. The van der Waals surface area contributed by atoms with Gasteiger partial charge < -0.3 is 15.4 Å². The molecule has 1 aromatic heterocycles. The zero-order valence-corrected chi connectivity index (χ0v) is 14.4. The molecule has 2 amide bonds. The smallest absolute Gasteiger partial charge is 0.407 e. The summed E-state index contributed by atoms with van der Waals surface area (Å²) in [6.07, 6.45) is 0.835. The number of alkyl carbamates (subject to hydrolysis) is 1. The Morgan fingerprint density at radius 2 is 2.08 bits per heavy atom. The van der Waals surface area contributed by atoms with E-state index in [0.29, 0.717) is 29.4 Å². The number of benzene rings is 1. The number of nitrogens with one attached hydrogen (secondary N) is 3. The molecule has 25 heavy (non-hydrogen) atoms. The highest BCUT2D eigenvalue weighted by Gasteiger charge is 2.50. The van der Waals surface area contributed by atoms with Crippen molar-refractivity contribution in [1.82, 2.24) is 15.5 Å². The largest absolute Gasteiger partial charge is 0.444 e. The first-order valence-electron chi connectivity index (χ1n) is 8.10. The summed E-state index contributed by atoms with van der Waals surface area (Å²) in [5, 5.41) is 11.9. The highest BCUT2D eigenvalue weighted by Crippen LogP contribution is 2.46. The van der Waals surface area contributed by atoms with E-state index in [2.05, 4.69) is 20.8 Å². The predicted octanol–water partition coefficient (Wildman–Crippen LogP) is 2.95. The highest BCUT2D eigenvalue weighted by molar-refractivity contribution is 5.99. The van der Waals surface area contributed by atoms with Gasteiger partial charge in [-0.05, 0) is 51.8 Å². The molecule has 0 radical (unpaired) electrons. The molecule has 0 aliphatic heterocycles. The lowest BCUT2D eigenvalue weighted by molar-refractivity contribution is -0.120. The third kappa shape index (κ3) is 3.89. The lowest BCUT2D eigenvalue weighted by Crippen LogP contribution is -2.39. The molecule has 0 atom stereocenters. The number of aromatic nitrogens is 2. The molecule has 3 N–H and O–H groups in total. The van der Waals surface area contributed by atoms with Gasteiger partial charge in [-0.15, -0.1) is 0 Å². The van der Waals surface area contributed by atoms with Gasteiger partial charge in [0.1, 0.15) is 5.60 Å². The summed E-state index contributed by atoms with van der Waals surface area (Å²) < 4.78 is 18.6. The van der Waals surface area contributed by atoms with Crippen LogP contribution in [0.4, 0.5) is 14.9 Å². The van der Waals surface area contributed by atoms with Crippen LogP contribution < -0.4 is 10.6 Å². The minimum Gasteiger partial charge on any atom is -0.444 e. The van der Waals surface area contributed by atoms with Gasteiger partial charge in [0.25, 0.3) is 0 Å². The maximum atomic E-state index is 13.4. The van der Waals surface area contributed by atoms with Crippen molar-refractivity contribution >= 4 is 28.6 Å². The molecular formula is C17H21FN4O3. The van der Waals surface area contributed by atoms with Crippen molar-refractivity contribution in [1.29, 1.82) is 0 Å². The van der Waals surface area contributed by atoms with Crippen LogP contribution in [0, 0.1) is 11.4 Å². The number of amides is 2. The van der Waals surface area contributed by atoms with Gasteiger partial charge in [-0.25, -0.2) is 4.79 Å². The Kier molecular flexibility index (Phi) is 4.14. The normalized spacial score (nSPS) is 15.7. The molecule has 0 spiro atoms. The van der Waals surface area contributed by atoms with E-state index in [0.717, 1.165) is 0 Å². The number of carbonyl (C=O) groups excluding carboxylic acids is 2. The van der Waals surface area contributed by atoms with Crippen molar-refractivity contribution in [2.45, 2.75) is 39.2 Å². The number of halogens is 1. The molecule has 2 aromatic rings. The molecule has 1 aliphatic carbocycles. The van der Waals surface area contributed by atoms with Crippen molar-refractivity contribution in [3.05, 3.63) is 24.1 Å². The van der Waals surface area contributed by atoms with Crippen molar-refractivity contribution < 1.29 is 18.7 Å². The van der Waals surface area contributed by atoms with Gasteiger partial charge in [-0.1, -0.05) is 0 Å². The molecule has 1 heterocycles. The van der Waals surface area contributed by atoms with Crippen molar-refractivity contribution in [3.63, 3.8) is 0 Å². The molecule has 8 heteroatoms. The molecule has 1 fully saturated rings. The summed E-state index contributed by atoms with van der Waals surface area (Å²) >= 11 is 0. The minimum absolute atomic E-state index is 0.182. The number of ether oxygens (including phenoxy) is 1. The lowest BCUT2D eigenvalue weighted by Gasteiger charge is -2.21. The Hall–Kier alpha value is -2.64. The Bertz CT molecular complexity index is 821. The molecular weight excluding hydrogens is 327 g/mol. The molecule has 0 saturated heterocycles. The first kappa shape index (κ1) is 17.2. The molecule has 0 bridgehead atoms. The van der Waals surface area contributed by atoms with Gasteiger partial charge in [0.15, 0.2) is 0 Å². The zero-order chi connectivity index (χ0) is 18.2. The van der Waals surface area contributed by atoms with Crippen LogP contribution in [0.5, 0.6) is 0 Å². The number of anilines is 1. The number of H-pyrrole nitrogens is 1. The van der Waals surface area contributed by atoms with E-state index in [9.17, 15) is 14.0 Å². The molecule has 3 rings (SSSR count). The number of aromatic amines is 1. The lowest BCUT2D eigenvalue weighted by atomic mass is 10.1. The monoisotopic (exact) mass is 348 g/mol. The summed E-state index contributed by atoms with van der Waals surface area (Å²) in [6.45, 7) is 5.55. The van der Waals surface area contributed by atoms with Gasteiger partial charge in [-0.2, -0.15) is 9.49 Å². The molecule has 0 unspecified atom stereocenters. The molecule has 134 valence electrons. The van der Waals surface area contributed by atoms with Crippen LogP contribution in [0.1, 0.15) is 33.6 Å². The molecule has 7 nitrogen and oxygen atoms in total. The minimum atomic E-state index is -0.622. The molecule has 1 aliphatic rings. The number of nitrogens with zero attached hydrogens (tertiary/aromatic N) is 1. The average Bonchev–Trinajstić information content (AvgIpc) is 3.23. The second kappa shape index (κ2) is 6.02. The van der Waals surface area contributed by atoms with Gasteiger partial charge in [0.05, 0.1) is 16.3 Å². The number of hydrogen-bond donors (Lipinski definition) is 3. The topological polar surface area (TPSA) is 96.1 Å². The second-order valence-electron chi connectivity index (χ2n) is 7.36. The summed E-state index contributed by atoms with van der Waals surface area (Å²) in [4.78, 5) is 24.3. The van der Waals surface area contributed by atoms with Crippen LogP contribution in [0.2, 0.25) is 0 Å². The fraction of sp³-hybridized carbons (Fsp3) is 0.471. The van der Waals surface area contributed by atoms with Crippen LogP contribution >= 0.6 is 0 Å². The van der Waals surface area contributed by atoms with Gasteiger partial charge in [-0.3, -0.25) is 9.89 Å². The summed E-state index contributed by atoms with van der Waals surface area (Å²) in [6, 6.07) is 4.78. The van der Waals surface area contributed by atoms with E-state index in [4.69, 9.17) is 4.74 Å². The van der Waals surface area contributed by atoms with Gasteiger partial charge in [0, 0.05) is 12.2 Å². The molecule has 1 saturated carbocycles. The van der Waals surface area contributed by atoms with E-state index in [-0.39, 0.29) is 12.5 Å². The maximum absolute atomic E-state index is 13.4. The second-order valence-corrected chi connectivity index (χ2v) is 7.36. The van der Waals surface area contributed by atoms with Crippen LogP contribution in [0.15, 0.2) is 18.2 Å². The van der Waals surface area contributed by atoms with Crippen LogP contribution in [0.3, 0.4) is 0 Å². The third-order valence-electron chi connectivity index (χ3n) is 4.07. The van der Waals surface area contributed by atoms with Gasteiger partial charge in [0.2, 0.25) is 11.9 Å². The SMILES string of the molecule is CC(C)(C)OC(=O)NCC1(C(=O)Nc2ccc3c(F)[nH]nc3c2)CC1. The van der Waals surface area contributed by atoms with E-state index >= 15 is 0 Å². The van der Waals surface area contributed by atoms with Crippen LogP contribution in [-0.4, -0.2) is 34.3 Å². The number of rotatable bonds is 4. The van der Waals surface area contributed by atoms with E-state index in [1.54, 1.807) is 39.0 Å². The fourth-order valence-corrected chi connectivity index (χ4v) is 2.51. The number of hydrogen-bond acceptors (Lipinski definition) is 4. The van der Waals surface area contributed by atoms with Crippen molar-refractivity contribution in [2.24, 2.45) is 5.41 Å². The summed E-state index contributed by atoms with van der Waals surface area (Å²) in [7, 11) is 0. The standard InChI is InChI=1S/C17H21FN4O3/c1-16(2,3)25-15(24)19-9-17(6-7-17)14(23)20-10-4-5-11-12(8-10)21-22-13(11)18/h4-5,8H,6-7,9H2,1-3H3,(H,19,24)(H,20,23)(H,21,22). The molecule has 1 aromatic carbocycles. The van der Waals surface area contributed by atoms with Gasteiger partial charge >= 0.3 is 6.09 Å². The zero-order valence-electron chi connectivity index (χ0n) is 14.4. The fourth-order valence-electron chi connectivity index (χ4n) is 2.51. The first-order valence-corrected chi connectivity index (χ1v) is 8.10.